The predicted octanol–water partition coefficient (Wildman–Crippen LogP) is 21.7. The van der Waals surface area contributed by atoms with Crippen molar-refractivity contribution in [2.45, 2.75) is 309 Å². The van der Waals surface area contributed by atoms with Gasteiger partial charge in [0.1, 0.15) is 13.2 Å². The smallest absolute Gasteiger partial charge is 0.306 e. The second-order valence-electron chi connectivity index (χ2n) is 21.0. The van der Waals surface area contributed by atoms with Crippen molar-refractivity contribution in [2.75, 3.05) is 13.2 Å². The minimum Gasteiger partial charge on any atom is -0.462 e. The van der Waals surface area contributed by atoms with Crippen LogP contribution in [0.25, 0.3) is 0 Å². The van der Waals surface area contributed by atoms with Crippen molar-refractivity contribution >= 4 is 17.9 Å². The molecule has 0 aromatic heterocycles. The summed E-state index contributed by atoms with van der Waals surface area (Å²) < 4.78 is 16.9. The molecule has 0 saturated heterocycles. The third-order valence-corrected chi connectivity index (χ3v) is 13.6. The van der Waals surface area contributed by atoms with E-state index in [2.05, 4.69) is 118 Å². The van der Waals surface area contributed by atoms with Crippen LogP contribution in [0.15, 0.2) is 97.2 Å². The van der Waals surface area contributed by atoms with E-state index in [1.807, 2.05) is 0 Å². The molecule has 430 valence electrons. The quantitative estimate of drug-likeness (QED) is 0.0261. The zero-order valence-electron chi connectivity index (χ0n) is 49.3. The van der Waals surface area contributed by atoms with E-state index in [4.69, 9.17) is 14.2 Å². The highest BCUT2D eigenvalue weighted by molar-refractivity contribution is 5.71. The van der Waals surface area contributed by atoms with Gasteiger partial charge in [-0.25, -0.2) is 0 Å². The number of allylic oxidation sites excluding steroid dienone is 16. The van der Waals surface area contributed by atoms with E-state index in [1.165, 1.54) is 141 Å². The van der Waals surface area contributed by atoms with Crippen molar-refractivity contribution in [3.8, 4) is 0 Å². The summed E-state index contributed by atoms with van der Waals surface area (Å²) in [7, 11) is 0. The lowest BCUT2D eigenvalue weighted by Crippen LogP contribution is -2.30. The van der Waals surface area contributed by atoms with Gasteiger partial charge in [-0.2, -0.15) is 0 Å². The number of ether oxygens (including phenoxy) is 3. The molecule has 0 aliphatic rings. The molecule has 0 spiro atoms. The molecule has 0 radical (unpaired) electrons. The Kier molecular flexibility index (Phi) is 59.8. The van der Waals surface area contributed by atoms with E-state index in [9.17, 15) is 14.4 Å². The van der Waals surface area contributed by atoms with Crippen molar-refractivity contribution in [2.24, 2.45) is 0 Å². The van der Waals surface area contributed by atoms with Gasteiger partial charge in [-0.3, -0.25) is 14.4 Å². The van der Waals surface area contributed by atoms with Gasteiger partial charge < -0.3 is 14.2 Å². The standard InChI is InChI=1S/C69H118O6/c1-4-7-10-13-16-19-22-24-26-28-29-30-31-32-33-34-35-36-37-38-39-41-42-44-47-50-53-56-59-62-68(71)74-65-66(64-73-67(70)61-58-55-52-49-46-21-18-15-12-9-6-3)75-69(72)63-60-57-54-51-48-45-43-40-27-25-23-20-17-14-11-8-5-2/h7,10,16,19,24,26,29-30,32-33,35-36,38-39,42,44,66H,4-6,8-9,11-15,17-18,20-23,25,27-28,31,34,37,40-41,43,45-65H2,1-3H3/b10-7-,19-16-,26-24-,30-29-,33-32-,36-35-,39-38-,44-42-. The molecule has 0 saturated carbocycles. The fourth-order valence-corrected chi connectivity index (χ4v) is 8.87. The average Bonchev–Trinajstić information content (AvgIpc) is 3.41. The summed E-state index contributed by atoms with van der Waals surface area (Å²) in [5, 5.41) is 0. The second-order valence-corrected chi connectivity index (χ2v) is 21.0. The van der Waals surface area contributed by atoms with Crippen LogP contribution in [0.4, 0.5) is 0 Å². The Bertz CT molecular complexity index is 1480. The number of esters is 3. The van der Waals surface area contributed by atoms with E-state index < -0.39 is 6.10 Å². The maximum Gasteiger partial charge on any atom is 0.306 e. The molecule has 0 heterocycles. The molecule has 0 fully saturated rings. The molecule has 0 N–H and O–H groups in total. The molecule has 6 nitrogen and oxygen atoms in total. The van der Waals surface area contributed by atoms with E-state index >= 15 is 0 Å². The average molecular weight is 1040 g/mol. The van der Waals surface area contributed by atoms with E-state index in [-0.39, 0.29) is 31.1 Å². The molecule has 6 heteroatoms. The minimum absolute atomic E-state index is 0.0816. The van der Waals surface area contributed by atoms with Crippen LogP contribution in [0.5, 0.6) is 0 Å². The monoisotopic (exact) mass is 1040 g/mol. The summed E-state index contributed by atoms with van der Waals surface area (Å²) in [5.41, 5.74) is 0. The lowest BCUT2D eigenvalue weighted by molar-refractivity contribution is -0.167. The summed E-state index contributed by atoms with van der Waals surface area (Å²) in [6.45, 7) is 6.53. The SMILES string of the molecule is CC/C=C\C/C=C\C/C=C\C/C=C\C/C=C\C/C=C\C/C=C\C/C=C\CCCCCCC(=O)OCC(COC(=O)CCCCCCCCCCCCC)OC(=O)CCCCCCCCCCCCCCCCCCC. The van der Waals surface area contributed by atoms with Gasteiger partial charge in [-0.1, -0.05) is 298 Å². The highest BCUT2D eigenvalue weighted by Crippen LogP contribution is 2.16. The van der Waals surface area contributed by atoms with Gasteiger partial charge in [0.05, 0.1) is 0 Å². The number of hydrogen-bond donors (Lipinski definition) is 0. The van der Waals surface area contributed by atoms with Crippen LogP contribution < -0.4 is 0 Å². The van der Waals surface area contributed by atoms with E-state index in [1.54, 1.807) is 0 Å². The third kappa shape index (κ3) is 61.1. The Labute approximate surface area is 464 Å². The van der Waals surface area contributed by atoms with Crippen LogP contribution in [0.3, 0.4) is 0 Å². The molecule has 0 aromatic carbocycles. The Balaban J connectivity index is 4.32. The summed E-state index contributed by atoms with van der Waals surface area (Å²) >= 11 is 0. The molecule has 0 amide bonds. The molecular weight excluding hydrogens is 925 g/mol. The first-order valence-corrected chi connectivity index (χ1v) is 31.7. The maximum absolute atomic E-state index is 12.9. The van der Waals surface area contributed by atoms with Gasteiger partial charge in [-0.15, -0.1) is 0 Å². The highest BCUT2D eigenvalue weighted by Gasteiger charge is 2.19. The van der Waals surface area contributed by atoms with Crippen molar-refractivity contribution in [3.05, 3.63) is 97.2 Å². The predicted molar refractivity (Wildman–Crippen MR) is 325 cm³/mol. The molecule has 0 bridgehead atoms. The lowest BCUT2D eigenvalue weighted by Gasteiger charge is -2.18. The largest absolute Gasteiger partial charge is 0.462 e. The molecular formula is C69H118O6. The van der Waals surface area contributed by atoms with Crippen molar-refractivity contribution in [3.63, 3.8) is 0 Å². The van der Waals surface area contributed by atoms with Crippen LogP contribution in [-0.4, -0.2) is 37.2 Å². The first-order chi connectivity index (χ1) is 37.0. The molecule has 0 rings (SSSR count). The Morgan fingerprint density at radius 1 is 0.280 bits per heavy atom. The normalized spacial score (nSPS) is 12.7. The number of rotatable bonds is 57. The summed E-state index contributed by atoms with van der Waals surface area (Å²) in [6, 6.07) is 0. The molecule has 1 atom stereocenters. The number of unbranched alkanes of at least 4 members (excludes halogenated alkanes) is 30. The minimum atomic E-state index is -0.785. The van der Waals surface area contributed by atoms with Crippen molar-refractivity contribution < 1.29 is 28.6 Å². The molecule has 0 aromatic rings. The van der Waals surface area contributed by atoms with Gasteiger partial charge in [-0.05, 0) is 83.5 Å². The van der Waals surface area contributed by atoms with Gasteiger partial charge in [0.2, 0.25) is 0 Å². The molecule has 75 heavy (non-hydrogen) atoms. The number of hydrogen-bond acceptors (Lipinski definition) is 6. The van der Waals surface area contributed by atoms with Gasteiger partial charge in [0.25, 0.3) is 0 Å². The maximum atomic E-state index is 12.9. The zero-order valence-corrected chi connectivity index (χ0v) is 49.3. The molecule has 0 aliphatic carbocycles. The summed E-state index contributed by atoms with van der Waals surface area (Å²) in [5.74, 6) is -0.897. The summed E-state index contributed by atoms with van der Waals surface area (Å²) in [6.07, 6.45) is 84.1. The second kappa shape index (κ2) is 62.9. The van der Waals surface area contributed by atoms with Gasteiger partial charge >= 0.3 is 17.9 Å². The first kappa shape index (κ1) is 71.3. The van der Waals surface area contributed by atoms with Crippen LogP contribution in [0.1, 0.15) is 303 Å². The fraction of sp³-hybridized carbons (Fsp3) is 0.725. The zero-order chi connectivity index (χ0) is 54.3. The lowest BCUT2D eigenvalue weighted by atomic mass is 10.0. The third-order valence-electron chi connectivity index (χ3n) is 13.6. The Hall–Kier alpha value is -3.67. The van der Waals surface area contributed by atoms with Gasteiger partial charge in [0.15, 0.2) is 6.10 Å². The first-order valence-electron chi connectivity index (χ1n) is 31.7. The van der Waals surface area contributed by atoms with E-state index in [0.29, 0.717) is 19.3 Å². The van der Waals surface area contributed by atoms with Crippen LogP contribution in [0, 0.1) is 0 Å². The van der Waals surface area contributed by atoms with Crippen LogP contribution >= 0.6 is 0 Å². The number of carbonyl (C=O) groups is 3. The van der Waals surface area contributed by atoms with Crippen molar-refractivity contribution in [1.82, 2.24) is 0 Å². The summed E-state index contributed by atoms with van der Waals surface area (Å²) in [4.78, 5) is 38.2. The fourth-order valence-electron chi connectivity index (χ4n) is 8.87. The van der Waals surface area contributed by atoms with Crippen molar-refractivity contribution in [1.29, 1.82) is 0 Å². The van der Waals surface area contributed by atoms with E-state index in [0.717, 1.165) is 122 Å². The van der Waals surface area contributed by atoms with Crippen LogP contribution in [-0.2, 0) is 28.6 Å². The molecule has 0 aliphatic heterocycles. The Morgan fingerprint density at radius 2 is 0.520 bits per heavy atom. The topological polar surface area (TPSA) is 78.9 Å². The number of carbonyl (C=O) groups excluding carboxylic acids is 3. The highest BCUT2D eigenvalue weighted by atomic mass is 16.6. The molecule has 1 unspecified atom stereocenters. The van der Waals surface area contributed by atoms with Crippen LogP contribution in [0.2, 0.25) is 0 Å². The van der Waals surface area contributed by atoms with Gasteiger partial charge in [0, 0.05) is 19.3 Å². The Morgan fingerprint density at radius 3 is 0.813 bits per heavy atom.